The summed E-state index contributed by atoms with van der Waals surface area (Å²) in [6, 6.07) is 9.05. The Kier molecular flexibility index (Phi) is 5.91. The number of benzene rings is 2. The van der Waals surface area contributed by atoms with Crippen molar-refractivity contribution < 1.29 is 18.3 Å². The van der Waals surface area contributed by atoms with Gasteiger partial charge in [0.15, 0.2) is 5.82 Å². The molecule has 0 aliphatic carbocycles. The highest BCUT2D eigenvalue weighted by molar-refractivity contribution is 7.89. The number of nitrogens with one attached hydrogen (secondary N) is 2. The van der Waals surface area contributed by atoms with Gasteiger partial charge in [-0.15, -0.1) is 5.10 Å². The molecule has 1 atom stereocenters. The molecule has 2 aromatic carbocycles. The van der Waals surface area contributed by atoms with Crippen molar-refractivity contribution in [1.29, 1.82) is 0 Å². The van der Waals surface area contributed by atoms with Gasteiger partial charge in [-0.3, -0.25) is 4.79 Å². The minimum absolute atomic E-state index is 0.0144. The monoisotopic (exact) mass is 510 g/mol. The Labute approximate surface area is 199 Å². The van der Waals surface area contributed by atoms with E-state index in [9.17, 15) is 18.3 Å². The molecule has 1 aliphatic rings. The molecule has 0 fully saturated rings. The van der Waals surface area contributed by atoms with Crippen molar-refractivity contribution in [3.63, 3.8) is 0 Å². The van der Waals surface area contributed by atoms with Crippen LogP contribution in [0.25, 0.3) is 5.69 Å². The average Bonchev–Trinajstić information content (AvgIpc) is 3.07. The van der Waals surface area contributed by atoms with Crippen LogP contribution in [0.4, 0.5) is 11.6 Å². The van der Waals surface area contributed by atoms with Gasteiger partial charge in [-0.25, -0.2) is 18.2 Å². The molecule has 1 aromatic heterocycles. The first-order valence-electron chi connectivity index (χ1n) is 9.63. The number of sulfonamides is 1. The summed E-state index contributed by atoms with van der Waals surface area (Å²) in [5.74, 6) is 0.439. The summed E-state index contributed by atoms with van der Waals surface area (Å²) in [6.45, 7) is 0. The van der Waals surface area contributed by atoms with Crippen LogP contribution in [0.1, 0.15) is 15.9 Å². The van der Waals surface area contributed by atoms with Crippen molar-refractivity contribution in [1.82, 2.24) is 15.1 Å². The summed E-state index contributed by atoms with van der Waals surface area (Å²) in [6.07, 6.45) is -0.160. The third-order valence-electron chi connectivity index (χ3n) is 5.02. The van der Waals surface area contributed by atoms with Crippen LogP contribution in [0.2, 0.25) is 10.0 Å². The first-order valence-corrected chi connectivity index (χ1v) is 11.9. The molecule has 5 N–H and O–H groups in total. The fraction of sp³-hybridized carbons (Fsp3) is 0.200. The molecule has 0 saturated carbocycles. The van der Waals surface area contributed by atoms with E-state index in [4.69, 9.17) is 28.3 Å². The maximum atomic E-state index is 13.0. The molecular weight excluding hydrogens is 491 g/mol. The number of phenols is 1. The molecule has 0 radical (unpaired) electrons. The molecule has 2 heterocycles. The summed E-state index contributed by atoms with van der Waals surface area (Å²) < 4.78 is 24.9. The Balaban J connectivity index is 1.83. The van der Waals surface area contributed by atoms with Crippen LogP contribution < -0.4 is 20.7 Å². The number of primary sulfonamides is 1. The number of carbonyl (C=O) groups is 1. The van der Waals surface area contributed by atoms with Crippen molar-refractivity contribution in [2.75, 3.05) is 24.3 Å². The smallest absolute Gasteiger partial charge is 0.260 e. The Morgan fingerprint density at radius 3 is 2.42 bits per heavy atom. The Morgan fingerprint density at radius 2 is 1.85 bits per heavy atom. The number of hydrogen-bond acceptors (Lipinski definition) is 7. The summed E-state index contributed by atoms with van der Waals surface area (Å²) in [7, 11) is -0.578. The molecular formula is C20H20Cl2N6O4S. The molecule has 0 bridgehead atoms. The number of rotatable bonds is 5. The van der Waals surface area contributed by atoms with Crippen molar-refractivity contribution in [3.8, 4) is 11.4 Å². The number of halogens is 2. The minimum atomic E-state index is -4.03. The third-order valence-corrected chi connectivity index (χ3v) is 6.48. The Morgan fingerprint density at radius 1 is 1.18 bits per heavy atom. The Bertz CT molecular complexity index is 1350. The van der Waals surface area contributed by atoms with Crippen LogP contribution >= 0.6 is 23.2 Å². The van der Waals surface area contributed by atoms with Gasteiger partial charge in [-0.05, 0) is 29.8 Å². The van der Waals surface area contributed by atoms with Crippen LogP contribution in [0, 0.1) is 0 Å². The first kappa shape index (κ1) is 23.2. The molecule has 3 aromatic rings. The second-order valence-corrected chi connectivity index (χ2v) is 10.1. The van der Waals surface area contributed by atoms with Crippen molar-refractivity contribution >= 4 is 50.8 Å². The maximum Gasteiger partial charge on any atom is 0.260 e. The van der Waals surface area contributed by atoms with E-state index in [2.05, 4.69) is 15.7 Å². The van der Waals surface area contributed by atoms with Crippen LogP contribution in [0.5, 0.6) is 5.75 Å². The van der Waals surface area contributed by atoms with Gasteiger partial charge >= 0.3 is 0 Å². The highest BCUT2D eigenvalue weighted by Gasteiger charge is 2.34. The molecule has 10 nitrogen and oxygen atoms in total. The second kappa shape index (κ2) is 8.41. The SMILES string of the molecule is CN(C)c1nn(-c2c(Cl)cc(S(N)(=O)=O)cc2Cl)c2c1C(=O)NC(Cc1cccc(O)c1)N2. The van der Waals surface area contributed by atoms with E-state index < -0.39 is 16.2 Å². The van der Waals surface area contributed by atoms with Gasteiger partial charge in [0.1, 0.15) is 29.0 Å². The third kappa shape index (κ3) is 4.44. The first-order chi connectivity index (χ1) is 15.5. The summed E-state index contributed by atoms with van der Waals surface area (Å²) in [5, 5.41) is 25.5. The van der Waals surface area contributed by atoms with E-state index >= 15 is 0 Å². The van der Waals surface area contributed by atoms with E-state index in [1.165, 1.54) is 16.8 Å². The molecule has 1 aliphatic heterocycles. The van der Waals surface area contributed by atoms with Crippen LogP contribution in [-0.2, 0) is 16.4 Å². The molecule has 33 heavy (non-hydrogen) atoms. The molecule has 0 spiro atoms. The summed E-state index contributed by atoms with van der Waals surface area (Å²) >= 11 is 12.8. The van der Waals surface area contributed by atoms with Crippen LogP contribution in [0.15, 0.2) is 41.3 Å². The number of aromatic hydroxyl groups is 1. The van der Waals surface area contributed by atoms with E-state index in [0.29, 0.717) is 18.1 Å². The quantitative estimate of drug-likeness (QED) is 0.412. The van der Waals surface area contributed by atoms with Gasteiger partial charge in [0.25, 0.3) is 5.91 Å². The normalized spacial score (nSPS) is 15.5. The number of phenolic OH excluding ortho intramolecular Hbond substituents is 1. The highest BCUT2D eigenvalue weighted by atomic mass is 35.5. The highest BCUT2D eigenvalue weighted by Crippen LogP contribution is 2.38. The van der Waals surface area contributed by atoms with Gasteiger partial charge in [0.2, 0.25) is 10.0 Å². The van der Waals surface area contributed by atoms with Crippen LogP contribution in [0.3, 0.4) is 0 Å². The Hall–Kier alpha value is -2.99. The second-order valence-electron chi connectivity index (χ2n) is 7.68. The van der Waals surface area contributed by atoms with E-state index in [-0.39, 0.29) is 37.8 Å². The molecule has 174 valence electrons. The number of hydrogen-bond donors (Lipinski definition) is 4. The zero-order valence-corrected chi connectivity index (χ0v) is 19.8. The average molecular weight is 511 g/mol. The fourth-order valence-corrected chi connectivity index (χ4v) is 4.93. The zero-order chi connectivity index (χ0) is 24.1. The van der Waals surface area contributed by atoms with Gasteiger partial charge in [-0.2, -0.15) is 0 Å². The molecule has 1 unspecified atom stereocenters. The number of aromatic nitrogens is 2. The molecule has 1 amide bonds. The summed E-state index contributed by atoms with van der Waals surface area (Å²) in [4.78, 5) is 14.4. The molecule has 0 saturated heterocycles. The molecule has 13 heteroatoms. The summed E-state index contributed by atoms with van der Waals surface area (Å²) in [5.41, 5.74) is 1.26. The van der Waals surface area contributed by atoms with E-state index in [1.54, 1.807) is 37.2 Å². The van der Waals surface area contributed by atoms with Crippen molar-refractivity contribution in [2.24, 2.45) is 5.14 Å². The zero-order valence-electron chi connectivity index (χ0n) is 17.5. The lowest BCUT2D eigenvalue weighted by Crippen LogP contribution is -2.46. The van der Waals surface area contributed by atoms with Gasteiger partial charge in [-0.1, -0.05) is 35.3 Å². The predicted molar refractivity (Wildman–Crippen MR) is 126 cm³/mol. The maximum absolute atomic E-state index is 13.0. The number of amides is 1. The standard InChI is InChI=1S/C20H20Cl2N6O4S/c1-27(2)19-16-18(24-15(25-20(16)30)7-10-4-3-5-11(29)6-10)28(26-19)17-13(21)8-12(9-14(17)22)33(23,31)32/h3-6,8-9,15,24,29H,7H2,1-2H3,(H,25,30)(H2,23,31,32). The number of nitrogens with zero attached hydrogens (tertiary/aromatic N) is 3. The lowest BCUT2D eigenvalue weighted by molar-refractivity contribution is 0.0936. The largest absolute Gasteiger partial charge is 0.508 e. The minimum Gasteiger partial charge on any atom is -0.508 e. The fourth-order valence-electron chi connectivity index (χ4n) is 3.59. The van der Waals surface area contributed by atoms with E-state index in [0.717, 1.165) is 5.56 Å². The number of anilines is 2. The lowest BCUT2D eigenvalue weighted by atomic mass is 10.1. The van der Waals surface area contributed by atoms with Gasteiger partial charge in [0, 0.05) is 20.5 Å². The lowest BCUT2D eigenvalue weighted by Gasteiger charge is -2.27. The molecule has 4 rings (SSSR count). The predicted octanol–water partition coefficient (Wildman–Crippen LogP) is 2.32. The van der Waals surface area contributed by atoms with Gasteiger partial charge < -0.3 is 20.6 Å². The number of nitrogens with two attached hydrogens (primary N) is 1. The van der Waals surface area contributed by atoms with Crippen LogP contribution in [-0.4, -0.2) is 49.5 Å². The number of fused-ring (bicyclic) bond motifs is 1. The van der Waals surface area contributed by atoms with Crippen molar-refractivity contribution in [3.05, 3.63) is 57.6 Å². The van der Waals surface area contributed by atoms with Gasteiger partial charge in [0.05, 0.1) is 14.9 Å². The topological polar surface area (TPSA) is 143 Å². The number of carbonyl (C=O) groups excluding carboxylic acids is 1. The van der Waals surface area contributed by atoms with E-state index in [1.807, 2.05) is 6.07 Å². The van der Waals surface area contributed by atoms with Crippen molar-refractivity contribution in [2.45, 2.75) is 17.5 Å².